The minimum absolute atomic E-state index is 0.324. The van der Waals surface area contributed by atoms with Crippen molar-refractivity contribution in [3.05, 3.63) is 29.8 Å². The van der Waals surface area contributed by atoms with Crippen molar-refractivity contribution in [2.75, 3.05) is 39.3 Å². The highest BCUT2D eigenvalue weighted by Gasteiger charge is 2.14. The topological polar surface area (TPSA) is 59.9 Å². The summed E-state index contributed by atoms with van der Waals surface area (Å²) < 4.78 is 0. The first-order valence-corrected chi connectivity index (χ1v) is 9.70. The number of hydrogen-bond donors (Lipinski definition) is 3. The van der Waals surface area contributed by atoms with E-state index in [1.54, 1.807) is 6.07 Å². The van der Waals surface area contributed by atoms with E-state index < -0.39 is 0 Å². The summed E-state index contributed by atoms with van der Waals surface area (Å²) in [6, 6.07) is 7.42. The monoisotopic (exact) mass is 346 g/mol. The van der Waals surface area contributed by atoms with Crippen LogP contribution in [-0.4, -0.2) is 55.2 Å². The van der Waals surface area contributed by atoms with E-state index in [9.17, 15) is 5.11 Å². The van der Waals surface area contributed by atoms with E-state index in [1.807, 2.05) is 18.2 Å². The number of nitrogens with one attached hydrogen (secondary N) is 2. The second-order valence-corrected chi connectivity index (χ2v) is 6.99. The number of hydrogen-bond acceptors (Lipinski definition) is 3. The van der Waals surface area contributed by atoms with Crippen LogP contribution in [0.1, 0.15) is 38.7 Å². The second kappa shape index (κ2) is 11.0. The van der Waals surface area contributed by atoms with E-state index in [-0.39, 0.29) is 0 Å². The summed E-state index contributed by atoms with van der Waals surface area (Å²) in [4.78, 5) is 7.25. The Hall–Kier alpha value is -1.75. The van der Waals surface area contributed by atoms with Gasteiger partial charge < -0.3 is 20.6 Å². The lowest BCUT2D eigenvalue weighted by molar-refractivity contribution is 0.192. The molecule has 0 saturated carbocycles. The number of piperidine rings is 1. The molecule has 0 atom stereocenters. The quantitative estimate of drug-likeness (QED) is 0.385. The molecule has 1 saturated heterocycles. The third-order valence-electron chi connectivity index (χ3n) is 4.74. The minimum atomic E-state index is 0.324. The van der Waals surface area contributed by atoms with Crippen LogP contribution in [0.15, 0.2) is 29.3 Å². The second-order valence-electron chi connectivity index (χ2n) is 6.99. The van der Waals surface area contributed by atoms with Crippen LogP contribution in [0.3, 0.4) is 0 Å². The Bertz CT molecular complexity index is 524. The van der Waals surface area contributed by atoms with Gasteiger partial charge in [-0.3, -0.25) is 4.99 Å². The number of likely N-dealkylation sites (tertiary alicyclic amines) is 1. The van der Waals surface area contributed by atoms with Crippen molar-refractivity contribution < 1.29 is 5.11 Å². The molecule has 2 rings (SSSR count). The molecule has 0 amide bonds. The maximum absolute atomic E-state index is 9.51. The van der Waals surface area contributed by atoms with Crippen molar-refractivity contribution >= 4 is 5.96 Å². The summed E-state index contributed by atoms with van der Waals surface area (Å²) in [5.74, 6) is 2.10. The Kier molecular flexibility index (Phi) is 8.60. The minimum Gasteiger partial charge on any atom is -0.508 e. The third kappa shape index (κ3) is 7.78. The van der Waals surface area contributed by atoms with E-state index >= 15 is 0 Å². The van der Waals surface area contributed by atoms with Crippen LogP contribution in [0.5, 0.6) is 5.75 Å². The highest BCUT2D eigenvalue weighted by Crippen LogP contribution is 2.15. The van der Waals surface area contributed by atoms with Crippen LogP contribution in [0.4, 0.5) is 0 Å². The number of guanidine groups is 1. The molecule has 1 fully saturated rings. The van der Waals surface area contributed by atoms with Gasteiger partial charge in [-0.15, -0.1) is 0 Å². The number of aliphatic imine (C=N–C) groups is 1. The number of phenolic OH excluding ortho intramolecular Hbond substituents is 1. The lowest BCUT2D eigenvalue weighted by atomic mass is 9.99. The molecule has 25 heavy (non-hydrogen) atoms. The predicted octanol–water partition coefficient (Wildman–Crippen LogP) is 2.61. The first-order valence-electron chi connectivity index (χ1n) is 9.70. The van der Waals surface area contributed by atoms with Crippen LogP contribution in [-0.2, 0) is 6.42 Å². The van der Waals surface area contributed by atoms with Gasteiger partial charge in [0.2, 0.25) is 0 Å². The Morgan fingerprint density at radius 1 is 1.28 bits per heavy atom. The summed E-state index contributed by atoms with van der Waals surface area (Å²) in [5, 5.41) is 16.2. The van der Waals surface area contributed by atoms with Gasteiger partial charge in [-0.05, 0) is 75.9 Å². The molecular formula is C20H34N4O. The Labute approximate surface area is 152 Å². The lowest BCUT2D eigenvalue weighted by Crippen LogP contribution is -2.38. The first-order chi connectivity index (χ1) is 12.2. The van der Waals surface area contributed by atoms with Gasteiger partial charge in [0.25, 0.3) is 0 Å². The molecule has 0 bridgehead atoms. The molecule has 5 nitrogen and oxygen atoms in total. The van der Waals surface area contributed by atoms with Crippen LogP contribution >= 0.6 is 0 Å². The molecule has 0 aliphatic carbocycles. The Balaban J connectivity index is 1.67. The smallest absolute Gasteiger partial charge is 0.191 e. The standard InChI is InChI=1S/C20H34N4O/c1-3-21-20(23-12-8-18-6-4-7-19(25)16-18)22-11-5-13-24-14-9-17(2)10-15-24/h4,6-7,16-17,25H,3,5,8-15H2,1-2H3,(H2,21,22,23). The zero-order chi connectivity index (χ0) is 17.9. The number of rotatable bonds is 8. The molecule has 0 unspecified atom stereocenters. The van der Waals surface area contributed by atoms with Gasteiger partial charge in [0.15, 0.2) is 5.96 Å². The van der Waals surface area contributed by atoms with E-state index in [2.05, 4.69) is 34.4 Å². The number of aromatic hydroxyl groups is 1. The molecule has 1 aromatic rings. The summed E-state index contributed by atoms with van der Waals surface area (Å²) in [6.45, 7) is 10.6. The highest BCUT2D eigenvalue weighted by molar-refractivity contribution is 5.79. The maximum Gasteiger partial charge on any atom is 0.191 e. The van der Waals surface area contributed by atoms with E-state index in [0.717, 1.165) is 56.5 Å². The summed E-state index contributed by atoms with van der Waals surface area (Å²) in [6.07, 6.45) is 4.65. The molecule has 5 heteroatoms. The van der Waals surface area contributed by atoms with Crippen LogP contribution in [0.25, 0.3) is 0 Å². The van der Waals surface area contributed by atoms with Gasteiger partial charge in [-0.1, -0.05) is 19.1 Å². The van der Waals surface area contributed by atoms with Crippen molar-refractivity contribution in [1.29, 1.82) is 0 Å². The lowest BCUT2D eigenvalue weighted by Gasteiger charge is -2.29. The van der Waals surface area contributed by atoms with Crippen molar-refractivity contribution in [2.45, 2.75) is 39.5 Å². The fraction of sp³-hybridized carbons (Fsp3) is 0.650. The van der Waals surface area contributed by atoms with Crippen LogP contribution < -0.4 is 10.6 Å². The molecular weight excluding hydrogens is 312 g/mol. The van der Waals surface area contributed by atoms with E-state index in [0.29, 0.717) is 5.75 Å². The molecule has 0 radical (unpaired) electrons. The number of phenols is 1. The van der Waals surface area contributed by atoms with Crippen molar-refractivity contribution in [3.63, 3.8) is 0 Å². The molecule has 3 N–H and O–H groups in total. The number of nitrogens with zero attached hydrogens (tertiary/aromatic N) is 2. The van der Waals surface area contributed by atoms with Crippen molar-refractivity contribution in [3.8, 4) is 5.75 Å². The molecule has 1 aliphatic rings. The predicted molar refractivity (Wildman–Crippen MR) is 105 cm³/mol. The van der Waals surface area contributed by atoms with Gasteiger partial charge in [0.1, 0.15) is 5.75 Å². The van der Waals surface area contributed by atoms with Crippen molar-refractivity contribution in [1.82, 2.24) is 15.5 Å². The zero-order valence-corrected chi connectivity index (χ0v) is 15.8. The van der Waals surface area contributed by atoms with E-state index in [4.69, 9.17) is 0 Å². The molecule has 1 aliphatic heterocycles. The molecule has 140 valence electrons. The maximum atomic E-state index is 9.51. The summed E-state index contributed by atoms with van der Waals surface area (Å²) in [7, 11) is 0. The van der Waals surface area contributed by atoms with Crippen LogP contribution in [0.2, 0.25) is 0 Å². The van der Waals surface area contributed by atoms with Crippen LogP contribution in [0, 0.1) is 5.92 Å². The van der Waals surface area contributed by atoms with E-state index in [1.165, 1.54) is 25.9 Å². The van der Waals surface area contributed by atoms with Crippen molar-refractivity contribution in [2.24, 2.45) is 10.9 Å². The fourth-order valence-corrected chi connectivity index (χ4v) is 3.15. The molecule has 1 heterocycles. The average Bonchev–Trinajstić information content (AvgIpc) is 2.60. The van der Waals surface area contributed by atoms with Gasteiger partial charge in [0.05, 0.1) is 0 Å². The Morgan fingerprint density at radius 2 is 2.08 bits per heavy atom. The molecule has 0 aromatic heterocycles. The van der Waals surface area contributed by atoms with Gasteiger partial charge in [0, 0.05) is 19.6 Å². The molecule has 1 aromatic carbocycles. The average molecular weight is 347 g/mol. The third-order valence-corrected chi connectivity index (χ3v) is 4.74. The SMILES string of the molecule is CCNC(=NCCCN1CCC(C)CC1)NCCc1cccc(O)c1. The molecule has 0 spiro atoms. The van der Waals surface area contributed by atoms with Gasteiger partial charge in [-0.25, -0.2) is 0 Å². The Morgan fingerprint density at radius 3 is 2.80 bits per heavy atom. The normalized spacial score (nSPS) is 16.8. The zero-order valence-electron chi connectivity index (χ0n) is 15.8. The number of benzene rings is 1. The summed E-state index contributed by atoms with van der Waals surface area (Å²) in [5.41, 5.74) is 1.13. The highest BCUT2D eigenvalue weighted by atomic mass is 16.3. The first kappa shape index (κ1) is 19.6. The summed E-state index contributed by atoms with van der Waals surface area (Å²) >= 11 is 0. The fourth-order valence-electron chi connectivity index (χ4n) is 3.15. The van der Waals surface area contributed by atoms with Gasteiger partial charge in [-0.2, -0.15) is 0 Å². The largest absolute Gasteiger partial charge is 0.508 e. The van der Waals surface area contributed by atoms with Gasteiger partial charge >= 0.3 is 0 Å².